The minimum Gasteiger partial charge on any atom is -0.307 e. The normalized spacial score (nSPS) is 10.7. The molecular formula is C22H20N4O. The van der Waals surface area contributed by atoms with Crippen LogP contribution in [0.1, 0.15) is 29.2 Å². The maximum atomic E-state index is 12.2. The molecule has 0 bridgehead atoms. The number of hydrogen-bond acceptors (Lipinski definition) is 3. The van der Waals surface area contributed by atoms with Gasteiger partial charge < -0.3 is 5.32 Å². The lowest BCUT2D eigenvalue weighted by molar-refractivity contribution is -0.111. The van der Waals surface area contributed by atoms with Crippen LogP contribution in [0.4, 0.5) is 5.82 Å². The summed E-state index contributed by atoms with van der Waals surface area (Å²) in [4.78, 5) is 12.2. The molecule has 0 saturated carbocycles. The summed E-state index contributed by atoms with van der Waals surface area (Å²) in [5.41, 5.74) is 3.86. The fraction of sp³-hybridized carbons (Fsp3) is 0.136. The van der Waals surface area contributed by atoms with Gasteiger partial charge in [-0.1, -0.05) is 43.3 Å². The Labute approximate surface area is 158 Å². The van der Waals surface area contributed by atoms with Crippen LogP contribution in [0.2, 0.25) is 0 Å². The molecule has 1 aromatic heterocycles. The molecule has 0 saturated heterocycles. The number of anilines is 1. The summed E-state index contributed by atoms with van der Waals surface area (Å²) in [6.07, 6.45) is 5.85. The van der Waals surface area contributed by atoms with Crippen LogP contribution >= 0.6 is 0 Å². The Hall–Kier alpha value is -3.65. The van der Waals surface area contributed by atoms with E-state index in [0.29, 0.717) is 17.9 Å². The fourth-order valence-corrected chi connectivity index (χ4v) is 2.63. The first kappa shape index (κ1) is 18.2. The molecule has 5 heteroatoms. The molecule has 134 valence electrons. The van der Waals surface area contributed by atoms with E-state index in [1.165, 1.54) is 11.6 Å². The summed E-state index contributed by atoms with van der Waals surface area (Å²) in [5, 5.41) is 15.9. The van der Waals surface area contributed by atoms with Gasteiger partial charge in [-0.2, -0.15) is 10.4 Å². The number of nitrogens with zero attached hydrogens (tertiary/aromatic N) is 3. The molecule has 0 unspecified atom stereocenters. The third-order valence-corrected chi connectivity index (χ3v) is 4.20. The number of benzene rings is 2. The Morgan fingerprint density at radius 3 is 2.48 bits per heavy atom. The molecule has 0 atom stereocenters. The molecule has 1 N–H and O–H groups in total. The van der Waals surface area contributed by atoms with Crippen molar-refractivity contribution in [3.63, 3.8) is 0 Å². The quantitative estimate of drug-likeness (QED) is 0.678. The van der Waals surface area contributed by atoms with E-state index in [2.05, 4.69) is 47.7 Å². The summed E-state index contributed by atoms with van der Waals surface area (Å²) in [7, 11) is 0. The van der Waals surface area contributed by atoms with Gasteiger partial charge in [0.2, 0.25) is 5.91 Å². The first-order valence-electron chi connectivity index (χ1n) is 8.77. The van der Waals surface area contributed by atoms with E-state index in [0.717, 1.165) is 17.5 Å². The van der Waals surface area contributed by atoms with Crippen molar-refractivity contribution in [3.8, 4) is 6.07 Å². The molecule has 0 spiro atoms. The average Bonchev–Trinajstić information content (AvgIpc) is 3.14. The Balaban J connectivity index is 1.63. The van der Waals surface area contributed by atoms with Crippen LogP contribution in [0.25, 0.3) is 6.08 Å². The van der Waals surface area contributed by atoms with Gasteiger partial charge in [0, 0.05) is 12.1 Å². The zero-order valence-corrected chi connectivity index (χ0v) is 15.1. The van der Waals surface area contributed by atoms with Crippen molar-refractivity contribution in [2.45, 2.75) is 19.9 Å². The third kappa shape index (κ3) is 4.93. The number of nitrogens with one attached hydrogen (secondary N) is 1. The third-order valence-electron chi connectivity index (χ3n) is 4.20. The predicted octanol–water partition coefficient (Wildman–Crippen LogP) is 4.02. The van der Waals surface area contributed by atoms with Gasteiger partial charge in [-0.25, -0.2) is 4.68 Å². The SMILES string of the molecule is CCc1ccc(Cn2nccc2NC(=O)/C=C/c2ccc(C#N)cc2)cc1. The topological polar surface area (TPSA) is 70.7 Å². The van der Waals surface area contributed by atoms with E-state index < -0.39 is 0 Å². The number of rotatable bonds is 6. The van der Waals surface area contributed by atoms with Gasteiger partial charge in [0.1, 0.15) is 5.82 Å². The molecule has 3 aromatic rings. The molecule has 0 aliphatic rings. The van der Waals surface area contributed by atoms with Crippen molar-refractivity contribution in [2.75, 3.05) is 5.32 Å². The summed E-state index contributed by atoms with van der Waals surface area (Å²) >= 11 is 0. The number of hydrogen-bond donors (Lipinski definition) is 1. The van der Waals surface area contributed by atoms with E-state index in [9.17, 15) is 4.79 Å². The van der Waals surface area contributed by atoms with Crippen molar-refractivity contribution >= 4 is 17.8 Å². The molecule has 3 rings (SSSR count). The number of amides is 1. The van der Waals surface area contributed by atoms with E-state index in [4.69, 9.17) is 5.26 Å². The second-order valence-electron chi connectivity index (χ2n) is 6.10. The standard InChI is InChI=1S/C22H20N4O/c1-2-17-3-9-20(10-4-17)16-26-21(13-14-24-26)25-22(27)12-11-18-5-7-19(15-23)8-6-18/h3-14H,2,16H2,1H3,(H,25,27)/b12-11+. The van der Waals surface area contributed by atoms with Crippen LogP contribution in [0, 0.1) is 11.3 Å². The van der Waals surface area contributed by atoms with E-state index >= 15 is 0 Å². The molecular weight excluding hydrogens is 336 g/mol. The molecule has 27 heavy (non-hydrogen) atoms. The second kappa shape index (κ2) is 8.63. The maximum absolute atomic E-state index is 12.2. The Morgan fingerprint density at radius 2 is 1.81 bits per heavy atom. The molecule has 0 aliphatic heterocycles. The van der Waals surface area contributed by atoms with Gasteiger partial charge in [-0.15, -0.1) is 0 Å². The minimum atomic E-state index is -0.234. The van der Waals surface area contributed by atoms with E-state index in [-0.39, 0.29) is 5.91 Å². The van der Waals surface area contributed by atoms with Gasteiger partial charge >= 0.3 is 0 Å². The number of aromatic nitrogens is 2. The number of carbonyl (C=O) groups is 1. The molecule has 2 aromatic carbocycles. The average molecular weight is 356 g/mol. The first-order valence-corrected chi connectivity index (χ1v) is 8.77. The summed E-state index contributed by atoms with van der Waals surface area (Å²) in [5.74, 6) is 0.409. The summed E-state index contributed by atoms with van der Waals surface area (Å²) < 4.78 is 1.76. The lowest BCUT2D eigenvalue weighted by Crippen LogP contribution is -2.13. The lowest BCUT2D eigenvalue weighted by Gasteiger charge is -2.08. The van der Waals surface area contributed by atoms with Crippen LogP contribution < -0.4 is 5.32 Å². The van der Waals surface area contributed by atoms with Gasteiger partial charge in [-0.05, 0) is 41.3 Å². The Morgan fingerprint density at radius 1 is 1.11 bits per heavy atom. The van der Waals surface area contributed by atoms with Gasteiger partial charge in [0.05, 0.1) is 24.4 Å². The minimum absolute atomic E-state index is 0.234. The van der Waals surface area contributed by atoms with E-state index in [1.807, 2.05) is 0 Å². The van der Waals surface area contributed by atoms with Crippen LogP contribution in [-0.4, -0.2) is 15.7 Å². The van der Waals surface area contributed by atoms with Crippen molar-refractivity contribution < 1.29 is 4.79 Å². The first-order chi connectivity index (χ1) is 13.2. The molecule has 1 amide bonds. The van der Waals surface area contributed by atoms with Crippen LogP contribution in [0.15, 0.2) is 66.9 Å². The zero-order chi connectivity index (χ0) is 19.1. The number of aryl methyl sites for hydroxylation is 1. The van der Waals surface area contributed by atoms with Crippen molar-refractivity contribution in [1.29, 1.82) is 5.26 Å². The van der Waals surface area contributed by atoms with Crippen molar-refractivity contribution in [1.82, 2.24) is 9.78 Å². The predicted molar refractivity (Wildman–Crippen MR) is 106 cm³/mol. The number of nitriles is 1. The Kier molecular flexibility index (Phi) is 5.80. The monoisotopic (exact) mass is 356 g/mol. The Bertz CT molecular complexity index is 976. The largest absolute Gasteiger partial charge is 0.307 e. The van der Waals surface area contributed by atoms with Crippen LogP contribution in [-0.2, 0) is 17.8 Å². The lowest BCUT2D eigenvalue weighted by atomic mass is 10.1. The molecule has 5 nitrogen and oxygen atoms in total. The van der Waals surface area contributed by atoms with Crippen LogP contribution in [0.3, 0.4) is 0 Å². The zero-order valence-electron chi connectivity index (χ0n) is 15.1. The highest BCUT2D eigenvalue weighted by atomic mass is 16.1. The van der Waals surface area contributed by atoms with Gasteiger partial charge in [0.15, 0.2) is 0 Å². The summed E-state index contributed by atoms with van der Waals surface area (Å²) in [6, 6.07) is 19.3. The fourth-order valence-electron chi connectivity index (χ4n) is 2.63. The second-order valence-corrected chi connectivity index (χ2v) is 6.10. The van der Waals surface area contributed by atoms with Crippen molar-refractivity contribution in [3.05, 3.63) is 89.1 Å². The maximum Gasteiger partial charge on any atom is 0.249 e. The molecule has 0 radical (unpaired) electrons. The molecule has 1 heterocycles. The van der Waals surface area contributed by atoms with Crippen LogP contribution in [0.5, 0.6) is 0 Å². The highest BCUT2D eigenvalue weighted by Gasteiger charge is 2.06. The smallest absolute Gasteiger partial charge is 0.249 e. The molecule has 0 aliphatic carbocycles. The van der Waals surface area contributed by atoms with E-state index in [1.54, 1.807) is 47.3 Å². The summed E-state index contributed by atoms with van der Waals surface area (Å²) in [6.45, 7) is 2.72. The van der Waals surface area contributed by atoms with Gasteiger partial charge in [0.25, 0.3) is 0 Å². The van der Waals surface area contributed by atoms with Crippen molar-refractivity contribution in [2.24, 2.45) is 0 Å². The highest BCUT2D eigenvalue weighted by molar-refractivity contribution is 6.01. The highest BCUT2D eigenvalue weighted by Crippen LogP contribution is 2.12. The molecule has 0 fully saturated rings. The van der Waals surface area contributed by atoms with Gasteiger partial charge in [-0.3, -0.25) is 4.79 Å². The number of carbonyl (C=O) groups excluding carboxylic acids is 1.